The molecule has 1 amide bonds. The number of hydrogen-bond acceptors (Lipinski definition) is 5. The zero-order valence-electron chi connectivity index (χ0n) is 15.9. The quantitative estimate of drug-likeness (QED) is 0.757. The van der Waals surface area contributed by atoms with Gasteiger partial charge in [0.25, 0.3) is 5.91 Å². The van der Waals surface area contributed by atoms with Crippen LogP contribution in [0.5, 0.6) is 11.5 Å². The molecule has 2 aromatic rings. The largest absolute Gasteiger partial charge is 0.483 e. The first-order valence-corrected chi connectivity index (χ1v) is 8.70. The number of likely N-dealkylation sites (N-methyl/N-ethyl adjacent to an activating group) is 1. The summed E-state index contributed by atoms with van der Waals surface area (Å²) in [7, 11) is 2.91. The van der Waals surface area contributed by atoms with Gasteiger partial charge in [-0.05, 0) is 32.0 Å². The molecule has 3 rings (SSSR count). The van der Waals surface area contributed by atoms with E-state index in [0.717, 1.165) is 12.0 Å². The average molecular weight is 369 g/mol. The molecule has 0 aromatic heterocycles. The topological polar surface area (TPSA) is 65.1 Å². The molecule has 142 valence electrons. The number of nitrogens with zero attached hydrogens (tertiary/aromatic N) is 1. The zero-order valence-corrected chi connectivity index (χ0v) is 15.9. The summed E-state index contributed by atoms with van der Waals surface area (Å²) < 4.78 is 16.5. The molecule has 6 nitrogen and oxygen atoms in total. The van der Waals surface area contributed by atoms with Gasteiger partial charge in [0.15, 0.2) is 18.1 Å². The van der Waals surface area contributed by atoms with Crippen molar-refractivity contribution < 1.29 is 23.8 Å². The number of carbonyl (C=O) groups excluding carboxylic acids is 2. The van der Waals surface area contributed by atoms with Crippen LogP contribution in [-0.2, 0) is 16.0 Å². The van der Waals surface area contributed by atoms with Gasteiger partial charge in [0.05, 0.1) is 18.4 Å². The van der Waals surface area contributed by atoms with E-state index < -0.39 is 5.97 Å². The van der Waals surface area contributed by atoms with Crippen LogP contribution in [0.4, 0.5) is 5.69 Å². The normalized spacial score (nSPS) is 14.1. The van der Waals surface area contributed by atoms with Crippen molar-refractivity contribution in [3.63, 3.8) is 0 Å². The second-order valence-electron chi connectivity index (χ2n) is 7.03. The minimum atomic E-state index is -0.498. The molecular weight excluding hydrogens is 346 g/mol. The van der Waals surface area contributed by atoms with Crippen molar-refractivity contribution in [1.29, 1.82) is 0 Å². The predicted octanol–water partition coefficient (Wildman–Crippen LogP) is 3.23. The Bertz CT molecular complexity index is 875. The molecule has 2 aromatic carbocycles. The Hall–Kier alpha value is -3.02. The third-order valence-electron chi connectivity index (χ3n) is 4.45. The summed E-state index contributed by atoms with van der Waals surface area (Å²) in [6.07, 6.45) is 0.792. The lowest BCUT2D eigenvalue weighted by molar-refractivity contribution is -0.120. The molecule has 6 heteroatoms. The van der Waals surface area contributed by atoms with Crippen molar-refractivity contribution in [2.75, 3.05) is 25.7 Å². The second kappa shape index (κ2) is 7.31. The van der Waals surface area contributed by atoms with Crippen LogP contribution in [0.15, 0.2) is 42.5 Å². The minimum Gasteiger partial charge on any atom is -0.483 e. The molecule has 1 aliphatic heterocycles. The molecule has 0 radical (unpaired) electrons. The van der Waals surface area contributed by atoms with E-state index in [4.69, 9.17) is 14.2 Å². The molecular formula is C21H23NO5. The molecule has 0 saturated carbocycles. The van der Waals surface area contributed by atoms with Gasteiger partial charge < -0.3 is 19.1 Å². The summed E-state index contributed by atoms with van der Waals surface area (Å²) in [4.78, 5) is 25.9. The van der Waals surface area contributed by atoms with E-state index in [1.54, 1.807) is 37.4 Å². The van der Waals surface area contributed by atoms with Gasteiger partial charge >= 0.3 is 5.97 Å². The average Bonchev–Trinajstić information content (AvgIpc) is 2.99. The van der Waals surface area contributed by atoms with Gasteiger partial charge in [-0.25, -0.2) is 4.79 Å². The van der Waals surface area contributed by atoms with Gasteiger partial charge in [-0.15, -0.1) is 0 Å². The molecule has 0 atom stereocenters. The van der Waals surface area contributed by atoms with Crippen molar-refractivity contribution in [1.82, 2.24) is 0 Å². The lowest BCUT2D eigenvalue weighted by Crippen LogP contribution is -2.32. The Morgan fingerprint density at radius 2 is 1.89 bits per heavy atom. The SMILES string of the molecule is COC(=O)c1ccccc1N(C)C(=O)COc1cccc2c1OC(C)(C)C2. The van der Waals surface area contributed by atoms with E-state index >= 15 is 0 Å². The van der Waals surface area contributed by atoms with Crippen molar-refractivity contribution in [3.05, 3.63) is 53.6 Å². The molecule has 0 unspecified atom stereocenters. The van der Waals surface area contributed by atoms with Crippen molar-refractivity contribution in [2.24, 2.45) is 0 Å². The molecule has 0 fully saturated rings. The third-order valence-corrected chi connectivity index (χ3v) is 4.45. The highest BCUT2D eigenvalue weighted by molar-refractivity contribution is 6.02. The number of ether oxygens (including phenoxy) is 3. The maximum atomic E-state index is 12.6. The Labute approximate surface area is 158 Å². The summed E-state index contributed by atoms with van der Waals surface area (Å²) in [5.74, 6) is 0.442. The number of fused-ring (bicyclic) bond motifs is 1. The first-order valence-electron chi connectivity index (χ1n) is 8.70. The predicted molar refractivity (Wildman–Crippen MR) is 102 cm³/mol. The summed E-state index contributed by atoms with van der Waals surface area (Å²) in [5.41, 5.74) is 1.56. The van der Waals surface area contributed by atoms with Crippen molar-refractivity contribution in [3.8, 4) is 11.5 Å². The number of para-hydroxylation sites is 2. The lowest BCUT2D eigenvalue weighted by atomic mass is 10.0. The molecule has 0 saturated heterocycles. The fourth-order valence-corrected chi connectivity index (χ4v) is 3.12. The number of methoxy groups -OCH3 is 1. The van der Waals surface area contributed by atoms with Gasteiger partial charge in [0.2, 0.25) is 0 Å². The minimum absolute atomic E-state index is 0.174. The zero-order chi connectivity index (χ0) is 19.6. The third kappa shape index (κ3) is 3.89. The van der Waals surface area contributed by atoms with Crippen molar-refractivity contribution >= 4 is 17.6 Å². The number of carbonyl (C=O) groups is 2. The highest BCUT2D eigenvalue weighted by Crippen LogP contribution is 2.41. The summed E-state index contributed by atoms with van der Waals surface area (Å²) in [6.45, 7) is 3.85. The Balaban J connectivity index is 1.73. The van der Waals surface area contributed by atoms with E-state index in [0.29, 0.717) is 22.7 Å². The smallest absolute Gasteiger partial charge is 0.339 e. The Morgan fingerprint density at radius 1 is 1.15 bits per heavy atom. The van der Waals surface area contributed by atoms with E-state index in [9.17, 15) is 9.59 Å². The molecule has 0 spiro atoms. The first kappa shape index (κ1) is 18.8. The van der Waals surface area contributed by atoms with Crippen LogP contribution in [0.1, 0.15) is 29.8 Å². The second-order valence-corrected chi connectivity index (χ2v) is 7.03. The summed E-state index contributed by atoms with van der Waals surface area (Å²) in [5, 5.41) is 0. The molecule has 0 N–H and O–H groups in total. The number of anilines is 1. The van der Waals surface area contributed by atoms with Crippen LogP contribution >= 0.6 is 0 Å². The Kier molecular flexibility index (Phi) is 5.08. The molecule has 0 aliphatic carbocycles. The number of esters is 1. The molecule has 27 heavy (non-hydrogen) atoms. The van der Waals surface area contributed by atoms with Gasteiger partial charge in [-0.3, -0.25) is 4.79 Å². The van der Waals surface area contributed by atoms with Crippen LogP contribution in [0.25, 0.3) is 0 Å². The number of amides is 1. The number of rotatable bonds is 5. The van der Waals surface area contributed by atoms with Crippen LogP contribution < -0.4 is 14.4 Å². The number of benzene rings is 2. The van der Waals surface area contributed by atoms with Crippen LogP contribution in [-0.4, -0.2) is 38.2 Å². The lowest BCUT2D eigenvalue weighted by Gasteiger charge is -2.21. The van der Waals surface area contributed by atoms with E-state index in [-0.39, 0.29) is 18.1 Å². The van der Waals surface area contributed by atoms with Gasteiger partial charge in [0.1, 0.15) is 5.60 Å². The van der Waals surface area contributed by atoms with E-state index in [1.165, 1.54) is 12.0 Å². The first-order chi connectivity index (χ1) is 12.8. The van der Waals surface area contributed by atoms with Gasteiger partial charge in [-0.2, -0.15) is 0 Å². The summed E-state index contributed by atoms with van der Waals surface area (Å²) >= 11 is 0. The monoisotopic (exact) mass is 369 g/mol. The highest BCUT2D eigenvalue weighted by Gasteiger charge is 2.32. The highest BCUT2D eigenvalue weighted by atomic mass is 16.5. The van der Waals surface area contributed by atoms with Crippen LogP contribution in [0.2, 0.25) is 0 Å². The van der Waals surface area contributed by atoms with Gasteiger partial charge in [-0.1, -0.05) is 24.3 Å². The van der Waals surface area contributed by atoms with Crippen LogP contribution in [0.3, 0.4) is 0 Å². The fraction of sp³-hybridized carbons (Fsp3) is 0.333. The molecule has 1 heterocycles. The van der Waals surface area contributed by atoms with Gasteiger partial charge in [0, 0.05) is 19.0 Å². The molecule has 0 bridgehead atoms. The summed E-state index contributed by atoms with van der Waals surface area (Å²) in [6, 6.07) is 12.5. The van der Waals surface area contributed by atoms with E-state index in [2.05, 4.69) is 0 Å². The number of hydrogen-bond donors (Lipinski definition) is 0. The maximum absolute atomic E-state index is 12.6. The van der Waals surface area contributed by atoms with Crippen molar-refractivity contribution in [2.45, 2.75) is 25.9 Å². The van der Waals surface area contributed by atoms with E-state index in [1.807, 2.05) is 26.0 Å². The Morgan fingerprint density at radius 3 is 2.63 bits per heavy atom. The fourth-order valence-electron chi connectivity index (χ4n) is 3.12. The molecule has 1 aliphatic rings. The van der Waals surface area contributed by atoms with Crippen LogP contribution in [0, 0.1) is 0 Å². The standard InChI is InChI=1S/C21H23NO5/c1-21(2)12-14-8-7-11-17(19(14)27-21)26-13-18(23)22(3)16-10-6-5-9-15(16)20(24)25-4/h5-11H,12-13H2,1-4H3. The maximum Gasteiger partial charge on any atom is 0.339 e.